The first-order valence-corrected chi connectivity index (χ1v) is 10.4. The first kappa shape index (κ1) is 21.3. The third kappa shape index (κ3) is 5.97. The molecule has 0 aliphatic heterocycles. The van der Waals surface area contributed by atoms with E-state index in [2.05, 4.69) is 24.1 Å². The monoisotopic (exact) mass is 402 g/mol. The maximum Gasteiger partial charge on any atom is 0.242 e. The molecule has 1 N–H and O–H groups in total. The number of nitrogens with one attached hydrogen (secondary N) is 1. The summed E-state index contributed by atoms with van der Waals surface area (Å²) in [5.74, 6) is 0.546. The fourth-order valence-corrected chi connectivity index (χ4v) is 4.22. The van der Waals surface area contributed by atoms with Gasteiger partial charge in [-0.1, -0.05) is 66.4 Å². The maximum absolute atomic E-state index is 13.1. The van der Waals surface area contributed by atoms with E-state index in [0.717, 1.165) is 23.0 Å². The van der Waals surface area contributed by atoms with E-state index >= 15 is 0 Å². The topological polar surface area (TPSA) is 41.6 Å². The molecule has 4 nitrogen and oxygen atoms in total. The van der Waals surface area contributed by atoms with Crippen LogP contribution in [0.1, 0.15) is 31.6 Å². The predicted molar refractivity (Wildman–Crippen MR) is 119 cm³/mol. The number of hydrogen-bond donors (Lipinski definition) is 1. The molecule has 1 amide bonds. The number of hydrogen-bond acceptors (Lipinski definition) is 4. The van der Waals surface area contributed by atoms with Gasteiger partial charge >= 0.3 is 0 Å². The molecule has 2 aromatic carbocycles. The fourth-order valence-electron chi connectivity index (χ4n) is 2.61. The lowest BCUT2D eigenvalue weighted by molar-refractivity contribution is -0.115. The minimum atomic E-state index is -0.436. The van der Waals surface area contributed by atoms with Gasteiger partial charge in [-0.3, -0.25) is 4.79 Å². The van der Waals surface area contributed by atoms with Crippen LogP contribution in [0, 0.1) is 0 Å². The van der Waals surface area contributed by atoms with Gasteiger partial charge in [-0.15, -0.1) is 0 Å². The van der Waals surface area contributed by atoms with Crippen LogP contribution in [0.15, 0.2) is 54.6 Å². The number of carbonyl (C=O) groups excluding carboxylic acids is 1. The Morgan fingerprint density at radius 1 is 1.07 bits per heavy atom. The Morgan fingerprint density at radius 3 is 2.33 bits per heavy atom. The zero-order chi connectivity index (χ0) is 19.6. The van der Waals surface area contributed by atoms with Gasteiger partial charge in [0.15, 0.2) is 0 Å². The first-order chi connectivity index (χ1) is 13.1. The number of carbonyl (C=O) groups is 1. The van der Waals surface area contributed by atoms with E-state index in [1.807, 2.05) is 61.5 Å². The number of rotatable bonds is 8. The Labute approximate surface area is 171 Å². The van der Waals surface area contributed by atoms with Crippen molar-refractivity contribution in [3.63, 3.8) is 0 Å². The first-order valence-electron chi connectivity index (χ1n) is 9.13. The van der Waals surface area contributed by atoms with E-state index in [-0.39, 0.29) is 5.91 Å². The van der Waals surface area contributed by atoms with Crippen molar-refractivity contribution in [2.45, 2.75) is 26.0 Å². The van der Waals surface area contributed by atoms with Crippen molar-refractivity contribution in [3.05, 3.63) is 60.2 Å². The molecule has 0 aromatic heterocycles. The number of ether oxygens (including phenoxy) is 1. The fraction of sp³-hybridized carbons (Fsp3) is 0.333. The molecule has 0 aliphatic rings. The van der Waals surface area contributed by atoms with E-state index in [0.29, 0.717) is 18.0 Å². The summed E-state index contributed by atoms with van der Waals surface area (Å²) in [7, 11) is 0. The van der Waals surface area contributed by atoms with Gasteiger partial charge in [0.05, 0.1) is 12.3 Å². The van der Waals surface area contributed by atoms with E-state index in [9.17, 15) is 4.79 Å². The van der Waals surface area contributed by atoms with Crippen molar-refractivity contribution < 1.29 is 9.53 Å². The number of nitrogens with zero attached hydrogens (tertiary/aromatic N) is 1. The summed E-state index contributed by atoms with van der Waals surface area (Å²) in [6.07, 6.45) is 0. The number of anilines is 1. The molecular formula is C21H26N2O2S2. The number of thiocarbonyl (C=S) groups is 1. The molecule has 0 fully saturated rings. The molecule has 0 spiro atoms. The molecule has 144 valence electrons. The van der Waals surface area contributed by atoms with Gasteiger partial charge in [0.2, 0.25) is 5.91 Å². The number of amides is 1. The van der Waals surface area contributed by atoms with E-state index < -0.39 is 5.25 Å². The molecule has 0 heterocycles. The van der Waals surface area contributed by atoms with Crippen molar-refractivity contribution in [1.29, 1.82) is 0 Å². The molecule has 1 atom stereocenters. The lowest BCUT2D eigenvalue weighted by Crippen LogP contribution is -2.29. The van der Waals surface area contributed by atoms with Crippen molar-refractivity contribution in [2.75, 3.05) is 25.0 Å². The Hall–Kier alpha value is -2.05. The Balaban J connectivity index is 2.25. The third-order valence-electron chi connectivity index (χ3n) is 4.03. The van der Waals surface area contributed by atoms with Crippen molar-refractivity contribution in [2.24, 2.45) is 0 Å². The molecule has 0 saturated carbocycles. The minimum Gasteiger partial charge on any atom is -0.492 e. The van der Waals surface area contributed by atoms with Gasteiger partial charge < -0.3 is 15.0 Å². The van der Waals surface area contributed by atoms with Crippen LogP contribution in [-0.2, 0) is 4.79 Å². The number of thioether (sulfide) groups is 1. The molecule has 27 heavy (non-hydrogen) atoms. The van der Waals surface area contributed by atoms with Crippen LogP contribution in [-0.4, -0.2) is 34.8 Å². The summed E-state index contributed by atoms with van der Waals surface area (Å²) in [5, 5.41) is 2.58. The minimum absolute atomic E-state index is 0.118. The maximum atomic E-state index is 13.1. The molecule has 0 saturated heterocycles. The summed E-state index contributed by atoms with van der Waals surface area (Å²) in [5.41, 5.74) is 1.59. The highest BCUT2D eigenvalue weighted by molar-refractivity contribution is 8.23. The van der Waals surface area contributed by atoms with Gasteiger partial charge in [-0.05, 0) is 38.5 Å². The van der Waals surface area contributed by atoms with Crippen LogP contribution >= 0.6 is 24.0 Å². The zero-order valence-electron chi connectivity index (χ0n) is 16.0. The van der Waals surface area contributed by atoms with Gasteiger partial charge in [0.25, 0.3) is 0 Å². The molecule has 2 aromatic rings. The van der Waals surface area contributed by atoms with Gasteiger partial charge in [-0.2, -0.15) is 0 Å². The van der Waals surface area contributed by atoms with Crippen LogP contribution in [0.25, 0.3) is 0 Å². The van der Waals surface area contributed by atoms with Crippen molar-refractivity contribution in [1.82, 2.24) is 4.90 Å². The summed E-state index contributed by atoms with van der Waals surface area (Å²) in [6.45, 7) is 8.22. The summed E-state index contributed by atoms with van der Waals surface area (Å²) in [4.78, 5) is 15.2. The van der Waals surface area contributed by atoms with Gasteiger partial charge in [0.1, 0.15) is 15.3 Å². The molecule has 6 heteroatoms. The largest absolute Gasteiger partial charge is 0.492 e. The van der Waals surface area contributed by atoms with Crippen molar-refractivity contribution in [3.8, 4) is 5.75 Å². The molecular weight excluding hydrogens is 376 g/mol. The zero-order valence-corrected chi connectivity index (χ0v) is 17.6. The quantitative estimate of drug-likeness (QED) is 0.620. The standard InChI is InChI=1S/C21H26N2O2S2/c1-4-23(5-2)21(26)27-19(16-12-8-7-9-13-16)20(24)22-17-14-10-11-15-18(17)25-6-3/h7-15,19H,4-6H2,1-3H3,(H,22,24). The SMILES string of the molecule is CCOc1ccccc1NC(=O)C(SC(=S)N(CC)CC)c1ccccc1. The molecule has 0 bridgehead atoms. The van der Waals surface area contributed by atoms with Crippen LogP contribution in [0.5, 0.6) is 5.75 Å². The lowest BCUT2D eigenvalue weighted by Gasteiger charge is -2.25. The van der Waals surface area contributed by atoms with Crippen LogP contribution < -0.4 is 10.1 Å². The summed E-state index contributed by atoms with van der Waals surface area (Å²) >= 11 is 6.99. The summed E-state index contributed by atoms with van der Waals surface area (Å²) < 4.78 is 6.35. The second-order valence-corrected chi connectivity index (χ2v) is 7.50. The lowest BCUT2D eigenvalue weighted by atomic mass is 10.1. The van der Waals surface area contributed by atoms with E-state index in [1.165, 1.54) is 11.8 Å². The molecule has 0 aliphatic carbocycles. The Bertz CT molecular complexity index is 749. The normalized spacial score (nSPS) is 11.5. The average molecular weight is 403 g/mol. The van der Waals surface area contributed by atoms with Crippen molar-refractivity contribution >= 4 is 39.9 Å². The molecule has 1 unspecified atom stereocenters. The smallest absolute Gasteiger partial charge is 0.242 e. The van der Waals surface area contributed by atoms with Crippen LogP contribution in [0.4, 0.5) is 5.69 Å². The predicted octanol–water partition coefficient (Wildman–Crippen LogP) is 5.13. The number of para-hydroxylation sites is 2. The third-order valence-corrected chi connectivity index (χ3v) is 5.75. The van der Waals surface area contributed by atoms with Crippen LogP contribution in [0.3, 0.4) is 0 Å². The second-order valence-electron chi connectivity index (χ2n) is 5.77. The second kappa shape index (κ2) is 10.9. The number of benzene rings is 2. The highest BCUT2D eigenvalue weighted by Gasteiger charge is 2.25. The highest BCUT2D eigenvalue weighted by atomic mass is 32.2. The van der Waals surface area contributed by atoms with Gasteiger partial charge in [0, 0.05) is 13.1 Å². The Kier molecular flexibility index (Phi) is 8.61. The van der Waals surface area contributed by atoms with E-state index in [4.69, 9.17) is 17.0 Å². The van der Waals surface area contributed by atoms with Gasteiger partial charge in [-0.25, -0.2) is 0 Å². The molecule has 0 radical (unpaired) electrons. The highest BCUT2D eigenvalue weighted by Crippen LogP contribution is 2.34. The molecule has 2 rings (SSSR count). The summed E-state index contributed by atoms with van der Waals surface area (Å²) in [6, 6.07) is 17.2. The Morgan fingerprint density at radius 2 is 1.70 bits per heavy atom. The van der Waals surface area contributed by atoms with E-state index in [1.54, 1.807) is 0 Å². The average Bonchev–Trinajstić information content (AvgIpc) is 2.69. The van der Waals surface area contributed by atoms with Crippen LogP contribution in [0.2, 0.25) is 0 Å².